The van der Waals surface area contributed by atoms with Crippen LogP contribution in [-0.2, 0) is 27.4 Å². The highest BCUT2D eigenvalue weighted by atomic mass is 127. The second kappa shape index (κ2) is 15.4. The fourth-order valence-corrected chi connectivity index (χ4v) is 3.06. The van der Waals surface area contributed by atoms with E-state index in [-0.39, 0.29) is 29.9 Å². The first-order valence-corrected chi connectivity index (χ1v) is 10.2. The second-order valence-electron chi connectivity index (χ2n) is 6.82. The molecule has 1 aliphatic rings. The van der Waals surface area contributed by atoms with Crippen LogP contribution in [0, 0.1) is 0 Å². The van der Waals surface area contributed by atoms with Gasteiger partial charge in [-0.05, 0) is 30.9 Å². The van der Waals surface area contributed by atoms with Crippen molar-refractivity contribution >= 4 is 35.8 Å². The minimum atomic E-state index is 0. The Labute approximate surface area is 191 Å². The fraction of sp³-hybridized carbons (Fsp3) is 0.619. The van der Waals surface area contributed by atoms with Crippen molar-refractivity contribution in [2.24, 2.45) is 4.99 Å². The number of rotatable bonds is 12. The molecule has 2 rings (SSSR count). The van der Waals surface area contributed by atoms with Crippen molar-refractivity contribution in [3.05, 3.63) is 35.4 Å². The first kappa shape index (κ1) is 25.6. The van der Waals surface area contributed by atoms with E-state index in [4.69, 9.17) is 9.47 Å². The average molecular weight is 518 g/mol. The lowest BCUT2D eigenvalue weighted by molar-refractivity contribution is -0.128. The maximum atomic E-state index is 11.8. The van der Waals surface area contributed by atoms with Crippen molar-refractivity contribution in [3.8, 4) is 0 Å². The molecule has 1 aliphatic heterocycles. The van der Waals surface area contributed by atoms with Gasteiger partial charge in [0, 0.05) is 46.3 Å². The van der Waals surface area contributed by atoms with Crippen molar-refractivity contribution in [1.29, 1.82) is 0 Å². The quantitative estimate of drug-likeness (QED) is 0.193. The molecule has 1 aromatic carbocycles. The van der Waals surface area contributed by atoms with Crippen molar-refractivity contribution < 1.29 is 14.3 Å². The molecule has 164 valence electrons. The zero-order valence-corrected chi connectivity index (χ0v) is 19.9. The van der Waals surface area contributed by atoms with Crippen LogP contribution >= 0.6 is 24.0 Å². The lowest BCUT2D eigenvalue weighted by atomic mass is 10.1. The Balaban J connectivity index is 0.00000420. The number of hydrogen-bond acceptors (Lipinski definition) is 4. The number of carbonyl (C=O) groups excluding carboxylic acids is 1. The molecule has 0 spiro atoms. The van der Waals surface area contributed by atoms with Crippen molar-refractivity contribution in [2.45, 2.75) is 39.3 Å². The summed E-state index contributed by atoms with van der Waals surface area (Å²) in [7, 11) is 1.67. The van der Waals surface area contributed by atoms with Gasteiger partial charge in [-0.1, -0.05) is 24.3 Å². The largest absolute Gasteiger partial charge is 0.382 e. The molecule has 1 saturated heterocycles. The van der Waals surface area contributed by atoms with E-state index in [2.05, 4.69) is 40.7 Å². The molecule has 0 unspecified atom stereocenters. The number of benzene rings is 1. The molecule has 8 heteroatoms. The van der Waals surface area contributed by atoms with Gasteiger partial charge in [0.15, 0.2) is 5.96 Å². The number of halogens is 1. The number of methoxy groups -OCH3 is 1. The van der Waals surface area contributed by atoms with Crippen LogP contribution in [0.1, 0.15) is 37.3 Å². The third-order valence-corrected chi connectivity index (χ3v) is 4.49. The van der Waals surface area contributed by atoms with E-state index in [0.717, 1.165) is 49.6 Å². The first-order valence-electron chi connectivity index (χ1n) is 10.2. The van der Waals surface area contributed by atoms with Crippen LogP contribution < -0.4 is 10.6 Å². The summed E-state index contributed by atoms with van der Waals surface area (Å²) < 4.78 is 10.4. The summed E-state index contributed by atoms with van der Waals surface area (Å²) in [5, 5.41) is 6.60. The molecule has 1 heterocycles. The van der Waals surface area contributed by atoms with E-state index in [1.165, 1.54) is 0 Å². The second-order valence-corrected chi connectivity index (χ2v) is 6.82. The lowest BCUT2D eigenvalue weighted by Gasteiger charge is -2.16. The predicted molar refractivity (Wildman–Crippen MR) is 127 cm³/mol. The zero-order chi connectivity index (χ0) is 20.0. The summed E-state index contributed by atoms with van der Waals surface area (Å²) in [5.74, 6) is 1.06. The number of likely N-dealkylation sites (tertiary alicyclic amines) is 1. The van der Waals surface area contributed by atoms with Crippen molar-refractivity contribution in [2.75, 3.05) is 46.6 Å². The Bertz CT molecular complexity index is 628. The summed E-state index contributed by atoms with van der Waals surface area (Å²) >= 11 is 0. The number of nitrogens with zero attached hydrogens (tertiary/aromatic N) is 2. The van der Waals surface area contributed by atoms with Crippen LogP contribution in [0.25, 0.3) is 0 Å². The molecule has 0 atom stereocenters. The van der Waals surface area contributed by atoms with Crippen LogP contribution in [0.2, 0.25) is 0 Å². The minimum absolute atomic E-state index is 0. The molecule has 7 nitrogen and oxygen atoms in total. The van der Waals surface area contributed by atoms with Gasteiger partial charge >= 0.3 is 0 Å². The predicted octanol–water partition coefficient (Wildman–Crippen LogP) is 2.54. The molecule has 29 heavy (non-hydrogen) atoms. The molecule has 0 aliphatic carbocycles. The summed E-state index contributed by atoms with van der Waals surface area (Å²) in [4.78, 5) is 18.4. The highest BCUT2D eigenvalue weighted by Gasteiger charge is 2.19. The molecule has 0 saturated carbocycles. The molecular formula is C21H35IN4O3. The van der Waals surface area contributed by atoms with Gasteiger partial charge in [0.1, 0.15) is 0 Å². The number of aliphatic imine (C=N–C) groups is 1. The summed E-state index contributed by atoms with van der Waals surface area (Å²) in [6.07, 6.45) is 2.56. The molecular weight excluding hydrogens is 483 g/mol. The van der Waals surface area contributed by atoms with Gasteiger partial charge in [-0.25, -0.2) is 4.99 Å². The first-order chi connectivity index (χ1) is 13.7. The normalized spacial score (nSPS) is 14.1. The number of hydrogen-bond donors (Lipinski definition) is 2. The Hall–Kier alpha value is -1.39. The fourth-order valence-electron chi connectivity index (χ4n) is 3.06. The maximum Gasteiger partial charge on any atom is 0.222 e. The Morgan fingerprint density at radius 3 is 2.76 bits per heavy atom. The molecule has 0 aromatic heterocycles. The third-order valence-electron chi connectivity index (χ3n) is 4.49. The van der Waals surface area contributed by atoms with Crippen LogP contribution in [0.5, 0.6) is 0 Å². The molecule has 2 N–H and O–H groups in total. The van der Waals surface area contributed by atoms with Gasteiger partial charge in [0.2, 0.25) is 5.91 Å². The maximum absolute atomic E-state index is 11.8. The molecule has 1 fully saturated rings. The summed E-state index contributed by atoms with van der Waals surface area (Å²) in [5.41, 5.74) is 2.30. The number of guanidine groups is 1. The Morgan fingerprint density at radius 2 is 2.03 bits per heavy atom. The number of nitrogens with one attached hydrogen (secondary N) is 2. The molecule has 0 bridgehead atoms. The van der Waals surface area contributed by atoms with E-state index < -0.39 is 0 Å². The summed E-state index contributed by atoms with van der Waals surface area (Å²) in [6.45, 7) is 7.78. The van der Waals surface area contributed by atoms with E-state index >= 15 is 0 Å². The van der Waals surface area contributed by atoms with Gasteiger partial charge in [0.25, 0.3) is 0 Å². The third kappa shape index (κ3) is 10.3. The minimum Gasteiger partial charge on any atom is -0.382 e. The van der Waals surface area contributed by atoms with E-state index in [9.17, 15) is 4.79 Å². The van der Waals surface area contributed by atoms with Crippen LogP contribution in [0.3, 0.4) is 0 Å². The number of amides is 1. The molecule has 1 aromatic rings. The van der Waals surface area contributed by atoms with E-state index in [1.807, 2.05) is 11.0 Å². The molecule has 1 amide bonds. The average Bonchev–Trinajstić information content (AvgIpc) is 3.10. The molecule has 0 radical (unpaired) electrons. The van der Waals surface area contributed by atoms with Gasteiger partial charge in [0.05, 0.1) is 19.8 Å². The van der Waals surface area contributed by atoms with Crippen LogP contribution in [0.15, 0.2) is 29.3 Å². The number of carbonyl (C=O) groups is 1. The van der Waals surface area contributed by atoms with E-state index in [0.29, 0.717) is 39.3 Å². The standard InChI is InChI=1S/C21H34N4O3.HI/c1-3-22-21(23-10-6-12-28-14-13-27-2)24-16-18-7-4-8-19(15-18)17-25-11-5-9-20(25)26;/h4,7-8,15H,3,5-6,9-14,16-17H2,1-2H3,(H2,22,23,24);1H. The highest BCUT2D eigenvalue weighted by Crippen LogP contribution is 2.15. The van der Waals surface area contributed by atoms with Gasteiger partial charge in [-0.15, -0.1) is 24.0 Å². The van der Waals surface area contributed by atoms with E-state index in [1.54, 1.807) is 7.11 Å². The van der Waals surface area contributed by atoms with Crippen molar-refractivity contribution in [1.82, 2.24) is 15.5 Å². The van der Waals surface area contributed by atoms with Gasteiger partial charge in [-0.2, -0.15) is 0 Å². The van der Waals surface area contributed by atoms with Gasteiger partial charge in [-0.3, -0.25) is 4.79 Å². The van der Waals surface area contributed by atoms with Crippen molar-refractivity contribution in [3.63, 3.8) is 0 Å². The zero-order valence-electron chi connectivity index (χ0n) is 17.6. The topological polar surface area (TPSA) is 75.2 Å². The van der Waals surface area contributed by atoms with Crippen LogP contribution in [0.4, 0.5) is 0 Å². The number of ether oxygens (including phenoxy) is 2. The Morgan fingerprint density at radius 1 is 1.21 bits per heavy atom. The highest BCUT2D eigenvalue weighted by molar-refractivity contribution is 14.0. The van der Waals surface area contributed by atoms with Gasteiger partial charge < -0.3 is 25.0 Å². The lowest BCUT2D eigenvalue weighted by Crippen LogP contribution is -2.38. The Kier molecular flexibility index (Phi) is 13.7. The smallest absolute Gasteiger partial charge is 0.222 e. The van der Waals surface area contributed by atoms with Crippen LogP contribution in [-0.4, -0.2) is 63.3 Å². The monoisotopic (exact) mass is 518 g/mol. The summed E-state index contributed by atoms with van der Waals surface area (Å²) in [6, 6.07) is 8.33. The SMILES string of the molecule is CCNC(=NCc1cccc(CN2CCCC2=O)c1)NCCCOCCOC.I.